The van der Waals surface area contributed by atoms with Crippen LogP contribution in [-0.4, -0.2) is 60.1 Å². The monoisotopic (exact) mass is 380 g/mol. The molecule has 3 rings (SSSR count). The largest absolute Gasteiger partial charge is 0.396 e. The van der Waals surface area contributed by atoms with Gasteiger partial charge in [-0.25, -0.2) is 8.42 Å². The molecule has 7 heteroatoms. The third-order valence-corrected chi connectivity index (χ3v) is 7.48. The van der Waals surface area contributed by atoms with Crippen LogP contribution in [0.15, 0.2) is 24.3 Å². The highest BCUT2D eigenvalue weighted by molar-refractivity contribution is 7.89. The summed E-state index contributed by atoms with van der Waals surface area (Å²) in [5, 5.41) is 9.33. The lowest BCUT2D eigenvalue weighted by Gasteiger charge is -2.33. The van der Waals surface area contributed by atoms with E-state index in [1.807, 2.05) is 19.1 Å². The molecule has 0 radical (unpaired) electrons. The maximum atomic E-state index is 12.7. The van der Waals surface area contributed by atoms with Crippen LogP contribution in [0, 0.1) is 5.92 Å². The molecule has 1 amide bonds. The van der Waals surface area contributed by atoms with Gasteiger partial charge in [0.1, 0.15) is 0 Å². The number of hydrogen-bond acceptors (Lipinski definition) is 4. The molecule has 2 saturated heterocycles. The molecule has 1 aromatic rings. The molecule has 2 heterocycles. The predicted molar refractivity (Wildman–Crippen MR) is 100 cm³/mol. The number of rotatable bonds is 4. The summed E-state index contributed by atoms with van der Waals surface area (Å²) in [4.78, 5) is 14.5. The molecular formula is C19H28N2O4S. The first-order valence-electron chi connectivity index (χ1n) is 9.39. The number of likely N-dealkylation sites (tertiary alicyclic amines) is 1. The lowest BCUT2D eigenvalue weighted by molar-refractivity contribution is 0.0620. The van der Waals surface area contributed by atoms with Crippen molar-refractivity contribution >= 4 is 15.9 Å². The maximum Gasteiger partial charge on any atom is 0.253 e. The second-order valence-corrected chi connectivity index (χ2v) is 9.53. The summed E-state index contributed by atoms with van der Waals surface area (Å²) < 4.78 is 26.1. The number of benzene rings is 1. The van der Waals surface area contributed by atoms with Crippen LogP contribution in [0.25, 0.3) is 0 Å². The van der Waals surface area contributed by atoms with Crippen LogP contribution in [0.1, 0.15) is 48.5 Å². The van der Waals surface area contributed by atoms with Gasteiger partial charge in [0.25, 0.3) is 5.91 Å². The Morgan fingerprint density at radius 3 is 2.58 bits per heavy atom. The van der Waals surface area contributed by atoms with E-state index in [-0.39, 0.29) is 30.2 Å². The molecular weight excluding hydrogens is 352 g/mol. The Kier molecular flexibility index (Phi) is 5.99. The zero-order chi connectivity index (χ0) is 18.7. The third-order valence-electron chi connectivity index (χ3n) is 5.48. The fourth-order valence-corrected chi connectivity index (χ4v) is 5.63. The molecule has 2 aliphatic heterocycles. The molecule has 144 valence electrons. The van der Waals surface area contributed by atoms with Crippen molar-refractivity contribution in [2.75, 3.05) is 25.4 Å². The standard InChI is InChI=1S/C19H28N2O4S/c1-15-4-3-11-26(24,25)21(15)13-16-6-8-18(9-7-16)19(23)20-10-2-5-17(12-20)14-22/h6-9,15,17,22H,2-5,10-14H2,1H3. The number of hydrogen-bond donors (Lipinski definition) is 1. The van der Waals surface area contributed by atoms with Gasteiger partial charge < -0.3 is 10.0 Å². The minimum atomic E-state index is -3.19. The van der Waals surface area contributed by atoms with Gasteiger partial charge in [-0.3, -0.25) is 4.79 Å². The maximum absolute atomic E-state index is 12.7. The van der Waals surface area contributed by atoms with Gasteiger partial charge in [-0.2, -0.15) is 4.31 Å². The van der Waals surface area contributed by atoms with E-state index in [1.54, 1.807) is 21.3 Å². The first-order chi connectivity index (χ1) is 12.4. The molecule has 0 aromatic heterocycles. The summed E-state index contributed by atoms with van der Waals surface area (Å²) in [7, 11) is -3.19. The highest BCUT2D eigenvalue weighted by atomic mass is 32.2. The Morgan fingerprint density at radius 1 is 1.19 bits per heavy atom. The fourth-order valence-electron chi connectivity index (χ4n) is 3.86. The SMILES string of the molecule is CC1CCCS(=O)(=O)N1Cc1ccc(C(=O)N2CCCC(CO)C2)cc1. The Hall–Kier alpha value is -1.44. The average Bonchev–Trinajstić information content (AvgIpc) is 2.64. The Bertz CT molecular complexity index is 732. The molecule has 6 nitrogen and oxygen atoms in total. The van der Waals surface area contributed by atoms with Crippen molar-refractivity contribution in [3.8, 4) is 0 Å². The van der Waals surface area contributed by atoms with Gasteiger partial charge >= 0.3 is 0 Å². The number of sulfonamides is 1. The Morgan fingerprint density at radius 2 is 1.92 bits per heavy atom. The summed E-state index contributed by atoms with van der Waals surface area (Å²) in [6.45, 7) is 3.74. The van der Waals surface area contributed by atoms with E-state index < -0.39 is 10.0 Å². The lowest BCUT2D eigenvalue weighted by Crippen LogP contribution is -2.43. The summed E-state index contributed by atoms with van der Waals surface area (Å²) in [5.41, 5.74) is 1.51. The van der Waals surface area contributed by atoms with E-state index in [2.05, 4.69) is 0 Å². The van der Waals surface area contributed by atoms with E-state index in [9.17, 15) is 18.3 Å². The van der Waals surface area contributed by atoms with Gasteiger partial charge in [0.05, 0.1) is 5.75 Å². The minimum Gasteiger partial charge on any atom is -0.396 e. The van der Waals surface area contributed by atoms with Crippen LogP contribution in [0.2, 0.25) is 0 Å². The van der Waals surface area contributed by atoms with Gasteiger partial charge in [0.15, 0.2) is 0 Å². The second-order valence-electron chi connectivity index (χ2n) is 7.49. The summed E-state index contributed by atoms with van der Waals surface area (Å²) >= 11 is 0. The van der Waals surface area contributed by atoms with Gasteiger partial charge in [0.2, 0.25) is 10.0 Å². The van der Waals surface area contributed by atoms with Gasteiger partial charge in [0, 0.05) is 37.8 Å². The molecule has 2 unspecified atom stereocenters. The number of piperidine rings is 1. The number of amides is 1. The lowest BCUT2D eigenvalue weighted by atomic mass is 9.98. The van der Waals surface area contributed by atoms with Crippen LogP contribution in [0.4, 0.5) is 0 Å². The van der Waals surface area contributed by atoms with Crippen LogP contribution in [-0.2, 0) is 16.6 Å². The average molecular weight is 381 g/mol. The van der Waals surface area contributed by atoms with E-state index in [0.29, 0.717) is 18.7 Å². The molecule has 2 fully saturated rings. The smallest absolute Gasteiger partial charge is 0.253 e. The van der Waals surface area contributed by atoms with Crippen LogP contribution in [0.5, 0.6) is 0 Å². The van der Waals surface area contributed by atoms with Crippen molar-refractivity contribution in [3.63, 3.8) is 0 Å². The normalized spacial score (nSPS) is 26.6. The Labute approximate surface area is 155 Å². The minimum absolute atomic E-state index is 0.0128. The molecule has 0 aliphatic carbocycles. The zero-order valence-electron chi connectivity index (χ0n) is 15.3. The molecule has 26 heavy (non-hydrogen) atoms. The van der Waals surface area contributed by atoms with Gasteiger partial charge in [-0.15, -0.1) is 0 Å². The number of aliphatic hydroxyl groups is 1. The van der Waals surface area contributed by atoms with Crippen molar-refractivity contribution in [2.45, 2.75) is 45.2 Å². The fraction of sp³-hybridized carbons (Fsp3) is 0.632. The second kappa shape index (κ2) is 8.06. The van der Waals surface area contributed by atoms with Crippen molar-refractivity contribution in [2.24, 2.45) is 5.92 Å². The summed E-state index contributed by atoms with van der Waals surface area (Å²) in [5.74, 6) is 0.362. The Balaban J connectivity index is 1.67. The number of nitrogens with zero attached hydrogens (tertiary/aromatic N) is 2. The molecule has 1 aromatic carbocycles. The van der Waals surface area contributed by atoms with E-state index in [4.69, 9.17) is 0 Å². The van der Waals surface area contributed by atoms with E-state index >= 15 is 0 Å². The first kappa shape index (κ1) is 19.3. The van der Waals surface area contributed by atoms with Crippen LogP contribution >= 0.6 is 0 Å². The summed E-state index contributed by atoms with van der Waals surface area (Å²) in [6, 6.07) is 7.26. The number of aliphatic hydroxyl groups excluding tert-OH is 1. The molecule has 0 spiro atoms. The van der Waals surface area contributed by atoms with Gasteiger partial charge in [-0.05, 0) is 56.2 Å². The highest BCUT2D eigenvalue weighted by Gasteiger charge is 2.31. The molecule has 0 saturated carbocycles. The van der Waals surface area contributed by atoms with E-state index in [0.717, 1.165) is 37.8 Å². The third kappa shape index (κ3) is 4.27. The van der Waals surface area contributed by atoms with Gasteiger partial charge in [-0.1, -0.05) is 12.1 Å². The van der Waals surface area contributed by atoms with Crippen LogP contribution in [0.3, 0.4) is 0 Å². The first-order valence-corrected chi connectivity index (χ1v) is 11.0. The van der Waals surface area contributed by atoms with Crippen LogP contribution < -0.4 is 0 Å². The van der Waals surface area contributed by atoms with Crippen molar-refractivity contribution in [3.05, 3.63) is 35.4 Å². The quantitative estimate of drug-likeness (QED) is 0.865. The van der Waals surface area contributed by atoms with Crippen molar-refractivity contribution in [1.82, 2.24) is 9.21 Å². The van der Waals surface area contributed by atoms with E-state index in [1.165, 1.54) is 0 Å². The molecule has 2 atom stereocenters. The molecule has 1 N–H and O–H groups in total. The van der Waals surface area contributed by atoms with Crippen molar-refractivity contribution < 1.29 is 18.3 Å². The highest BCUT2D eigenvalue weighted by Crippen LogP contribution is 2.23. The molecule has 0 bridgehead atoms. The number of carbonyl (C=O) groups is 1. The van der Waals surface area contributed by atoms with Crippen molar-refractivity contribution in [1.29, 1.82) is 0 Å². The number of carbonyl (C=O) groups excluding carboxylic acids is 1. The molecule has 2 aliphatic rings. The summed E-state index contributed by atoms with van der Waals surface area (Å²) in [6.07, 6.45) is 3.48. The predicted octanol–water partition coefficient (Wildman–Crippen LogP) is 1.85. The zero-order valence-corrected chi connectivity index (χ0v) is 16.1. The topological polar surface area (TPSA) is 77.9 Å².